The predicted octanol–water partition coefficient (Wildman–Crippen LogP) is 4.25. The van der Waals surface area contributed by atoms with Crippen molar-refractivity contribution in [1.82, 2.24) is 0 Å². The maximum atomic E-state index is 12.1. The molecule has 9 heteroatoms. The Kier molecular flexibility index (Phi) is 4.92. The Morgan fingerprint density at radius 2 is 2.00 bits per heavy atom. The van der Waals surface area contributed by atoms with Crippen LogP contribution in [0.1, 0.15) is 11.1 Å². The quantitative estimate of drug-likeness (QED) is 0.335. The van der Waals surface area contributed by atoms with E-state index >= 15 is 0 Å². The lowest BCUT2D eigenvalue weighted by Crippen LogP contribution is -2.07. The number of ether oxygens (including phenoxy) is 2. The summed E-state index contributed by atoms with van der Waals surface area (Å²) in [6.07, 6.45) is 1.44. The molecule has 2 aromatic carbocycles. The zero-order valence-electron chi connectivity index (χ0n) is 13.2. The molecule has 2 aromatic rings. The molecule has 0 fully saturated rings. The van der Waals surface area contributed by atoms with E-state index in [2.05, 4.69) is 4.99 Å². The number of rotatable bonds is 4. The van der Waals surface area contributed by atoms with Gasteiger partial charge in [-0.3, -0.25) is 10.1 Å². The van der Waals surface area contributed by atoms with Crippen LogP contribution in [-0.4, -0.2) is 23.9 Å². The number of hydrogen-bond donors (Lipinski definition) is 0. The van der Waals surface area contributed by atoms with Crippen LogP contribution < -0.4 is 4.74 Å². The highest BCUT2D eigenvalue weighted by molar-refractivity contribution is 6.35. The Morgan fingerprint density at radius 3 is 2.65 bits per heavy atom. The number of carbonyl (C=O) groups is 1. The fraction of sp³-hybridized carbons (Fsp3) is 0.0588. The van der Waals surface area contributed by atoms with Gasteiger partial charge >= 0.3 is 5.97 Å². The SMILES string of the molecule is COc1ccc([N+](=O)[O-])cc1C1=NC(=Cc2ccc(Cl)cc2Cl)C(=O)O1. The van der Waals surface area contributed by atoms with E-state index in [0.717, 1.165) is 0 Å². The van der Waals surface area contributed by atoms with Crippen molar-refractivity contribution in [3.8, 4) is 5.75 Å². The molecule has 0 saturated carbocycles. The third-order valence-electron chi connectivity index (χ3n) is 3.50. The minimum atomic E-state index is -0.709. The second kappa shape index (κ2) is 7.15. The lowest BCUT2D eigenvalue weighted by atomic mass is 10.1. The molecule has 1 aliphatic rings. The zero-order valence-corrected chi connectivity index (χ0v) is 14.7. The van der Waals surface area contributed by atoms with Crippen LogP contribution in [-0.2, 0) is 9.53 Å². The Balaban J connectivity index is 2.04. The van der Waals surface area contributed by atoms with Gasteiger partial charge in [0.05, 0.1) is 17.6 Å². The first-order valence-corrected chi connectivity index (χ1v) is 7.95. The van der Waals surface area contributed by atoms with E-state index < -0.39 is 10.9 Å². The van der Waals surface area contributed by atoms with Gasteiger partial charge in [0.15, 0.2) is 5.70 Å². The van der Waals surface area contributed by atoms with Crippen LogP contribution in [0.3, 0.4) is 0 Å². The van der Waals surface area contributed by atoms with Gasteiger partial charge < -0.3 is 9.47 Å². The summed E-state index contributed by atoms with van der Waals surface area (Å²) in [5, 5.41) is 11.8. The lowest BCUT2D eigenvalue weighted by Gasteiger charge is -2.06. The first kappa shape index (κ1) is 17.9. The van der Waals surface area contributed by atoms with Gasteiger partial charge in [0, 0.05) is 22.2 Å². The van der Waals surface area contributed by atoms with Crippen LogP contribution in [0.15, 0.2) is 47.1 Å². The highest BCUT2D eigenvalue weighted by Gasteiger charge is 2.28. The number of methoxy groups -OCH3 is 1. The average Bonchev–Trinajstić information content (AvgIpc) is 2.97. The summed E-state index contributed by atoms with van der Waals surface area (Å²) >= 11 is 11.9. The van der Waals surface area contributed by atoms with Crippen LogP contribution in [0.4, 0.5) is 5.69 Å². The number of nitro groups is 1. The first-order valence-electron chi connectivity index (χ1n) is 7.19. The van der Waals surface area contributed by atoms with E-state index in [1.807, 2.05) is 0 Å². The second-order valence-electron chi connectivity index (χ2n) is 5.14. The number of nitrogens with zero attached hydrogens (tertiary/aromatic N) is 2. The average molecular weight is 393 g/mol. The first-order chi connectivity index (χ1) is 12.4. The summed E-state index contributed by atoms with van der Waals surface area (Å²) in [7, 11) is 1.40. The summed E-state index contributed by atoms with van der Waals surface area (Å²) in [5.41, 5.74) is 0.537. The molecule has 7 nitrogen and oxygen atoms in total. The fourth-order valence-corrected chi connectivity index (χ4v) is 2.73. The Labute approximate surface area is 157 Å². The van der Waals surface area contributed by atoms with E-state index in [9.17, 15) is 14.9 Å². The molecule has 0 spiro atoms. The predicted molar refractivity (Wildman–Crippen MR) is 96.7 cm³/mol. The number of cyclic esters (lactones) is 1. The van der Waals surface area contributed by atoms with Crippen molar-refractivity contribution in [2.45, 2.75) is 0 Å². The molecule has 0 bridgehead atoms. The summed E-state index contributed by atoms with van der Waals surface area (Å²) in [6, 6.07) is 8.69. The van der Waals surface area contributed by atoms with Gasteiger partial charge in [-0.25, -0.2) is 9.79 Å². The van der Waals surface area contributed by atoms with Gasteiger partial charge in [-0.15, -0.1) is 0 Å². The molecule has 3 rings (SSSR count). The molecule has 0 saturated heterocycles. The molecule has 0 aromatic heterocycles. The van der Waals surface area contributed by atoms with E-state index in [0.29, 0.717) is 15.6 Å². The monoisotopic (exact) mass is 392 g/mol. The summed E-state index contributed by atoms with van der Waals surface area (Å²) in [4.78, 5) is 26.6. The number of halogens is 2. The van der Waals surface area contributed by atoms with Crippen LogP contribution in [0.25, 0.3) is 6.08 Å². The van der Waals surface area contributed by atoms with Crippen molar-refractivity contribution < 1.29 is 19.2 Å². The molecule has 0 amide bonds. The molecule has 0 radical (unpaired) electrons. The van der Waals surface area contributed by atoms with Crippen molar-refractivity contribution in [1.29, 1.82) is 0 Å². The summed E-state index contributed by atoms with van der Waals surface area (Å²) in [6.45, 7) is 0. The van der Waals surface area contributed by atoms with Gasteiger partial charge in [-0.2, -0.15) is 0 Å². The Morgan fingerprint density at radius 1 is 1.23 bits per heavy atom. The highest BCUT2D eigenvalue weighted by atomic mass is 35.5. The van der Waals surface area contributed by atoms with Crippen molar-refractivity contribution in [2.75, 3.05) is 7.11 Å². The van der Waals surface area contributed by atoms with E-state index in [1.54, 1.807) is 12.1 Å². The number of esters is 1. The van der Waals surface area contributed by atoms with E-state index in [-0.39, 0.29) is 28.6 Å². The fourth-order valence-electron chi connectivity index (χ4n) is 2.27. The van der Waals surface area contributed by atoms with E-state index in [1.165, 1.54) is 37.5 Å². The van der Waals surface area contributed by atoms with Crippen molar-refractivity contribution in [3.05, 3.63) is 73.4 Å². The Hall–Kier alpha value is -2.90. The molecule has 1 aliphatic heterocycles. The van der Waals surface area contributed by atoms with Gasteiger partial charge in [0.1, 0.15) is 5.75 Å². The molecule has 1 heterocycles. The zero-order chi connectivity index (χ0) is 18.8. The number of carbonyl (C=O) groups excluding carboxylic acids is 1. The van der Waals surface area contributed by atoms with Gasteiger partial charge in [-0.1, -0.05) is 29.3 Å². The maximum Gasteiger partial charge on any atom is 0.363 e. The van der Waals surface area contributed by atoms with Crippen LogP contribution in [0.2, 0.25) is 10.0 Å². The molecular formula is C17H10Cl2N2O5. The van der Waals surface area contributed by atoms with Crippen LogP contribution in [0.5, 0.6) is 5.75 Å². The molecule has 0 unspecified atom stereocenters. The lowest BCUT2D eigenvalue weighted by molar-refractivity contribution is -0.384. The molecule has 0 atom stereocenters. The number of hydrogen-bond acceptors (Lipinski definition) is 6. The van der Waals surface area contributed by atoms with Crippen molar-refractivity contribution in [3.63, 3.8) is 0 Å². The summed E-state index contributed by atoms with van der Waals surface area (Å²) < 4.78 is 10.3. The molecule has 132 valence electrons. The largest absolute Gasteiger partial charge is 0.496 e. The van der Waals surface area contributed by atoms with Gasteiger partial charge in [0.2, 0.25) is 5.90 Å². The summed E-state index contributed by atoms with van der Waals surface area (Å²) in [5.74, 6) is -0.514. The second-order valence-corrected chi connectivity index (χ2v) is 5.99. The molecular weight excluding hydrogens is 383 g/mol. The van der Waals surface area contributed by atoms with Gasteiger partial charge in [0.25, 0.3) is 5.69 Å². The van der Waals surface area contributed by atoms with E-state index in [4.69, 9.17) is 32.7 Å². The smallest absolute Gasteiger partial charge is 0.363 e. The number of nitro benzene ring substituents is 1. The van der Waals surface area contributed by atoms with Gasteiger partial charge in [-0.05, 0) is 29.8 Å². The van der Waals surface area contributed by atoms with Crippen molar-refractivity contribution in [2.24, 2.45) is 4.99 Å². The maximum absolute atomic E-state index is 12.1. The third-order valence-corrected chi connectivity index (χ3v) is 4.06. The number of aliphatic imine (C=N–C) groups is 1. The minimum absolute atomic E-state index is 0.00205. The van der Waals surface area contributed by atoms with Crippen LogP contribution >= 0.6 is 23.2 Å². The van der Waals surface area contributed by atoms with Crippen molar-refractivity contribution >= 4 is 46.8 Å². The van der Waals surface area contributed by atoms with Crippen LogP contribution in [0, 0.1) is 10.1 Å². The molecule has 0 aliphatic carbocycles. The topological polar surface area (TPSA) is 91.0 Å². The highest BCUT2D eigenvalue weighted by Crippen LogP contribution is 2.30. The minimum Gasteiger partial charge on any atom is -0.496 e. The standard InChI is InChI=1S/C17H10Cl2N2O5/c1-25-15-5-4-11(21(23)24)8-12(15)16-20-14(17(22)26-16)6-9-2-3-10(18)7-13(9)19/h2-8H,1H3. The Bertz CT molecular complexity index is 985. The number of benzene rings is 2. The molecule has 0 N–H and O–H groups in total. The molecule has 26 heavy (non-hydrogen) atoms. The third kappa shape index (κ3) is 3.54. The normalized spacial score (nSPS) is 15.0. The number of non-ortho nitro benzene ring substituents is 1.